The number of thioether (sulfide) groups is 1. The SMILES string of the molecule is CSc1ccc(C)cc1.Cc1c(N)ccc2c(O)cc(S(=O)(=O)O)cc12. The summed E-state index contributed by atoms with van der Waals surface area (Å²) in [5, 5.41) is 10.7. The van der Waals surface area contributed by atoms with Gasteiger partial charge in [0.15, 0.2) is 0 Å². The summed E-state index contributed by atoms with van der Waals surface area (Å²) in [6, 6.07) is 14.1. The number of rotatable bonds is 2. The third kappa shape index (κ3) is 4.69. The van der Waals surface area contributed by atoms with Crippen LogP contribution in [-0.4, -0.2) is 24.3 Å². The maximum Gasteiger partial charge on any atom is 0.294 e. The van der Waals surface area contributed by atoms with Gasteiger partial charge in [0, 0.05) is 22.0 Å². The summed E-state index contributed by atoms with van der Waals surface area (Å²) in [5.74, 6) is -0.210. The molecule has 0 aliphatic rings. The molecule has 0 fully saturated rings. The maximum absolute atomic E-state index is 11.0. The van der Waals surface area contributed by atoms with E-state index in [1.165, 1.54) is 16.5 Å². The number of fused-ring (bicyclic) bond motifs is 1. The first-order chi connectivity index (χ1) is 12.1. The fourth-order valence-electron chi connectivity index (χ4n) is 2.37. The average Bonchev–Trinajstić information content (AvgIpc) is 2.59. The zero-order valence-electron chi connectivity index (χ0n) is 14.7. The van der Waals surface area contributed by atoms with Crippen LogP contribution in [0.15, 0.2) is 58.3 Å². The van der Waals surface area contributed by atoms with E-state index in [0.717, 1.165) is 6.07 Å². The largest absolute Gasteiger partial charge is 0.507 e. The van der Waals surface area contributed by atoms with Crippen molar-refractivity contribution in [3.63, 3.8) is 0 Å². The van der Waals surface area contributed by atoms with Gasteiger partial charge < -0.3 is 10.8 Å². The minimum Gasteiger partial charge on any atom is -0.507 e. The van der Waals surface area contributed by atoms with Gasteiger partial charge in [-0.05, 0) is 61.4 Å². The first-order valence-electron chi connectivity index (χ1n) is 7.73. The van der Waals surface area contributed by atoms with E-state index in [0.29, 0.717) is 22.0 Å². The third-order valence-corrected chi connectivity index (χ3v) is 5.53. The van der Waals surface area contributed by atoms with Crippen molar-refractivity contribution in [1.29, 1.82) is 0 Å². The molecular weight excluding hydrogens is 370 g/mol. The third-order valence-electron chi connectivity index (χ3n) is 3.95. The summed E-state index contributed by atoms with van der Waals surface area (Å²) in [4.78, 5) is 0.983. The van der Waals surface area contributed by atoms with Gasteiger partial charge in [0.05, 0.1) is 4.90 Å². The average molecular weight is 392 g/mol. The first kappa shape index (κ1) is 20.1. The lowest BCUT2D eigenvalue weighted by atomic mass is 10.0. The molecule has 4 N–H and O–H groups in total. The van der Waals surface area contributed by atoms with E-state index in [4.69, 9.17) is 10.3 Å². The summed E-state index contributed by atoms with van der Waals surface area (Å²) in [6.07, 6.45) is 2.09. The number of hydrogen-bond donors (Lipinski definition) is 3. The number of hydrogen-bond acceptors (Lipinski definition) is 5. The van der Waals surface area contributed by atoms with Crippen LogP contribution >= 0.6 is 11.8 Å². The lowest BCUT2D eigenvalue weighted by Crippen LogP contribution is -1.99. The molecule has 3 rings (SSSR count). The highest BCUT2D eigenvalue weighted by Crippen LogP contribution is 2.32. The van der Waals surface area contributed by atoms with Crippen molar-refractivity contribution in [1.82, 2.24) is 0 Å². The van der Waals surface area contributed by atoms with Gasteiger partial charge in [-0.2, -0.15) is 8.42 Å². The Morgan fingerprint density at radius 2 is 1.58 bits per heavy atom. The van der Waals surface area contributed by atoms with Crippen LogP contribution in [0.5, 0.6) is 5.75 Å². The van der Waals surface area contributed by atoms with Crippen molar-refractivity contribution in [3.05, 3.63) is 59.7 Å². The number of phenolic OH excluding ortho intramolecular Hbond substituents is 1. The summed E-state index contributed by atoms with van der Waals surface area (Å²) in [7, 11) is -4.35. The van der Waals surface area contributed by atoms with E-state index < -0.39 is 10.1 Å². The summed E-state index contributed by atoms with van der Waals surface area (Å²) < 4.78 is 31.0. The molecule has 0 amide bonds. The zero-order chi connectivity index (χ0) is 19.5. The van der Waals surface area contributed by atoms with Crippen LogP contribution in [0.25, 0.3) is 10.8 Å². The molecule has 0 heterocycles. The molecule has 5 nitrogen and oxygen atoms in total. The van der Waals surface area contributed by atoms with Crippen molar-refractivity contribution in [2.75, 3.05) is 12.0 Å². The monoisotopic (exact) mass is 391 g/mol. The highest BCUT2D eigenvalue weighted by molar-refractivity contribution is 7.98. The molecule has 0 aliphatic carbocycles. The molecule has 0 saturated carbocycles. The summed E-state index contributed by atoms with van der Waals surface area (Å²) in [6.45, 7) is 3.81. The Morgan fingerprint density at radius 3 is 2.12 bits per heavy atom. The van der Waals surface area contributed by atoms with E-state index in [1.54, 1.807) is 30.8 Å². The van der Waals surface area contributed by atoms with Gasteiger partial charge in [0.2, 0.25) is 0 Å². The number of phenols is 1. The van der Waals surface area contributed by atoms with Crippen LogP contribution in [0.3, 0.4) is 0 Å². The van der Waals surface area contributed by atoms with E-state index in [-0.39, 0.29) is 10.6 Å². The minimum atomic E-state index is -4.35. The Morgan fingerprint density at radius 1 is 0.962 bits per heavy atom. The molecule has 0 aromatic heterocycles. The number of benzene rings is 3. The first-order valence-corrected chi connectivity index (χ1v) is 10.4. The fraction of sp³-hybridized carbons (Fsp3) is 0.158. The second-order valence-corrected chi connectivity index (χ2v) is 8.11. The van der Waals surface area contributed by atoms with Gasteiger partial charge in [0.25, 0.3) is 10.1 Å². The molecule has 0 spiro atoms. The van der Waals surface area contributed by atoms with Gasteiger partial charge in [-0.25, -0.2) is 0 Å². The maximum atomic E-state index is 11.0. The van der Waals surface area contributed by atoms with E-state index in [9.17, 15) is 13.5 Å². The van der Waals surface area contributed by atoms with Crippen molar-refractivity contribution in [3.8, 4) is 5.75 Å². The van der Waals surface area contributed by atoms with Crippen molar-refractivity contribution in [2.45, 2.75) is 23.6 Å². The molecular formula is C19H21NO4S2. The molecule has 0 unspecified atom stereocenters. The van der Waals surface area contributed by atoms with Crippen molar-refractivity contribution in [2.24, 2.45) is 0 Å². The van der Waals surface area contributed by atoms with Crippen molar-refractivity contribution < 1.29 is 18.1 Å². The number of anilines is 1. The highest BCUT2D eigenvalue weighted by atomic mass is 32.2. The van der Waals surface area contributed by atoms with Gasteiger partial charge >= 0.3 is 0 Å². The van der Waals surface area contributed by atoms with Crippen LogP contribution < -0.4 is 5.73 Å². The lowest BCUT2D eigenvalue weighted by Gasteiger charge is -2.08. The molecule has 0 aliphatic heterocycles. The minimum absolute atomic E-state index is 0.210. The van der Waals surface area contributed by atoms with Gasteiger partial charge in [0.1, 0.15) is 5.75 Å². The molecule has 138 valence electrons. The van der Waals surface area contributed by atoms with Crippen LogP contribution in [0.4, 0.5) is 5.69 Å². The normalized spacial score (nSPS) is 11.1. The van der Waals surface area contributed by atoms with E-state index in [1.807, 2.05) is 0 Å². The van der Waals surface area contributed by atoms with E-state index >= 15 is 0 Å². The number of nitrogens with two attached hydrogens (primary N) is 1. The van der Waals surface area contributed by atoms with Crippen molar-refractivity contribution >= 4 is 38.3 Å². The predicted molar refractivity (Wildman–Crippen MR) is 108 cm³/mol. The number of aromatic hydroxyl groups is 1. The Hall–Kier alpha value is -2.22. The van der Waals surface area contributed by atoms with Crippen LogP contribution in [-0.2, 0) is 10.1 Å². The van der Waals surface area contributed by atoms with Crippen LogP contribution in [0.2, 0.25) is 0 Å². The van der Waals surface area contributed by atoms with Crippen LogP contribution in [0.1, 0.15) is 11.1 Å². The highest BCUT2D eigenvalue weighted by Gasteiger charge is 2.14. The predicted octanol–water partition coefficient (Wildman–Crippen LogP) is 4.40. The lowest BCUT2D eigenvalue weighted by molar-refractivity contribution is 0.471. The Bertz CT molecular complexity index is 1030. The molecule has 7 heteroatoms. The topological polar surface area (TPSA) is 101 Å². The zero-order valence-corrected chi connectivity index (χ0v) is 16.4. The molecule has 0 saturated heterocycles. The molecule has 0 atom stereocenters. The summed E-state index contributed by atoms with van der Waals surface area (Å²) >= 11 is 1.78. The smallest absolute Gasteiger partial charge is 0.294 e. The standard InChI is InChI=1S/C11H11NO4S.C8H10S/c1-6-9-4-7(17(14,15)16)5-11(13)8(9)2-3-10(6)12;1-7-3-5-8(9-2)6-4-7/h2-5,13H,12H2,1H3,(H,14,15,16);3-6H,1-2H3. The Labute approximate surface area is 157 Å². The Kier molecular flexibility index (Phi) is 6.17. The number of aryl methyl sites for hydroxylation is 2. The quantitative estimate of drug-likeness (QED) is 0.340. The molecule has 26 heavy (non-hydrogen) atoms. The molecule has 0 bridgehead atoms. The number of nitrogen functional groups attached to an aromatic ring is 1. The molecule has 0 radical (unpaired) electrons. The van der Waals surface area contributed by atoms with Gasteiger partial charge in [-0.15, -0.1) is 11.8 Å². The molecule has 3 aromatic rings. The second kappa shape index (κ2) is 7.99. The Balaban J connectivity index is 0.000000228. The summed E-state index contributed by atoms with van der Waals surface area (Å²) in [5.41, 5.74) is 8.17. The second-order valence-electron chi connectivity index (χ2n) is 5.81. The fourth-order valence-corrected chi connectivity index (χ4v) is 3.31. The molecule has 3 aromatic carbocycles. The van der Waals surface area contributed by atoms with Gasteiger partial charge in [-0.3, -0.25) is 4.55 Å². The van der Waals surface area contributed by atoms with Crippen LogP contribution in [0, 0.1) is 13.8 Å². The van der Waals surface area contributed by atoms with E-state index in [2.05, 4.69) is 37.4 Å². The van der Waals surface area contributed by atoms with Gasteiger partial charge in [-0.1, -0.05) is 17.7 Å².